The Hall–Kier alpha value is -2.58. The number of aryl methyl sites for hydroxylation is 2. The molecule has 0 aliphatic rings. The minimum absolute atomic E-state index is 0.109. The minimum Gasteiger partial charge on any atom is -0.366 e. The highest BCUT2D eigenvalue weighted by Crippen LogP contribution is 2.31. The number of rotatable bonds is 5. The summed E-state index contributed by atoms with van der Waals surface area (Å²) in [5.41, 5.74) is 3.25. The highest BCUT2D eigenvalue weighted by molar-refractivity contribution is 7.18. The molecule has 0 fully saturated rings. The van der Waals surface area contributed by atoms with E-state index < -0.39 is 0 Å². The number of hydrogen-bond donors (Lipinski definition) is 0. The van der Waals surface area contributed by atoms with Crippen LogP contribution in [0.15, 0.2) is 40.5 Å². The van der Waals surface area contributed by atoms with Gasteiger partial charge < -0.3 is 4.90 Å². The zero-order valence-corrected chi connectivity index (χ0v) is 17.4. The van der Waals surface area contributed by atoms with Gasteiger partial charge in [0.15, 0.2) is 4.96 Å². The third-order valence-corrected chi connectivity index (χ3v) is 6.41. The Balaban J connectivity index is 1.74. The summed E-state index contributed by atoms with van der Waals surface area (Å²) in [6.07, 6.45) is 0. The van der Waals surface area contributed by atoms with Crippen LogP contribution in [0, 0.1) is 19.7 Å². The second-order valence-corrected chi connectivity index (χ2v) is 8.53. The summed E-state index contributed by atoms with van der Waals surface area (Å²) >= 11 is 3.03. The Kier molecular flexibility index (Phi) is 4.99. The number of hydrogen-bond acceptors (Lipinski definition) is 6. The van der Waals surface area contributed by atoms with Gasteiger partial charge in [-0.15, -0.1) is 22.7 Å². The van der Waals surface area contributed by atoms with E-state index in [-0.39, 0.29) is 11.4 Å². The third-order valence-electron chi connectivity index (χ3n) is 4.49. The van der Waals surface area contributed by atoms with E-state index in [0.29, 0.717) is 17.2 Å². The summed E-state index contributed by atoms with van der Waals surface area (Å²) in [6.45, 7) is 7.16. The van der Waals surface area contributed by atoms with Crippen molar-refractivity contribution in [2.75, 3.05) is 11.4 Å². The molecule has 0 amide bonds. The highest BCUT2D eigenvalue weighted by atomic mass is 32.1. The van der Waals surface area contributed by atoms with Crippen LogP contribution in [0.25, 0.3) is 15.7 Å². The summed E-state index contributed by atoms with van der Waals surface area (Å²) in [5.74, 6) is -0.267. The maximum Gasteiger partial charge on any atom is 0.259 e. The van der Waals surface area contributed by atoms with Gasteiger partial charge in [-0.1, -0.05) is 0 Å². The van der Waals surface area contributed by atoms with Crippen molar-refractivity contribution in [3.8, 4) is 10.7 Å². The molecule has 0 saturated heterocycles. The quantitative estimate of drug-likeness (QED) is 0.477. The Bertz CT molecular complexity index is 1190. The second-order valence-electron chi connectivity index (χ2n) is 6.50. The molecular formula is C20H19FN4OS2. The molecule has 8 heteroatoms. The van der Waals surface area contributed by atoms with E-state index in [1.165, 1.54) is 34.8 Å². The minimum atomic E-state index is -0.267. The maximum atomic E-state index is 13.2. The first-order valence-corrected chi connectivity index (χ1v) is 10.6. The van der Waals surface area contributed by atoms with Gasteiger partial charge in [-0.2, -0.15) is 0 Å². The summed E-state index contributed by atoms with van der Waals surface area (Å²) in [6, 6.07) is 7.93. The van der Waals surface area contributed by atoms with E-state index in [1.807, 2.05) is 26.2 Å². The van der Waals surface area contributed by atoms with Crippen LogP contribution in [0.2, 0.25) is 0 Å². The molecule has 28 heavy (non-hydrogen) atoms. The molecule has 0 saturated carbocycles. The van der Waals surface area contributed by atoms with E-state index in [9.17, 15) is 9.18 Å². The van der Waals surface area contributed by atoms with E-state index in [2.05, 4.69) is 9.88 Å². The van der Waals surface area contributed by atoms with Crippen LogP contribution in [0.3, 0.4) is 0 Å². The third kappa shape index (κ3) is 3.45. The van der Waals surface area contributed by atoms with Crippen LogP contribution in [-0.2, 0) is 6.54 Å². The fourth-order valence-corrected chi connectivity index (χ4v) is 5.09. The maximum absolute atomic E-state index is 13.2. The number of anilines is 1. The second kappa shape index (κ2) is 7.44. The van der Waals surface area contributed by atoms with Crippen LogP contribution in [-0.4, -0.2) is 20.9 Å². The van der Waals surface area contributed by atoms with Crippen molar-refractivity contribution in [2.45, 2.75) is 27.3 Å². The van der Waals surface area contributed by atoms with Gasteiger partial charge in [-0.25, -0.2) is 18.8 Å². The molecule has 0 aliphatic heterocycles. The van der Waals surface area contributed by atoms with Gasteiger partial charge in [0.1, 0.15) is 16.5 Å². The summed E-state index contributed by atoms with van der Waals surface area (Å²) < 4.78 is 14.9. The summed E-state index contributed by atoms with van der Waals surface area (Å²) in [7, 11) is 0. The standard InChI is InChI=1S/C20H19FN4OS2/c1-4-24(16-7-5-14(21)6-8-16)10-15-9-17(26)25-18(13(3)28-20(25)23-15)19-22-12(2)11-27-19/h5-9,11H,4,10H2,1-3H3. The summed E-state index contributed by atoms with van der Waals surface area (Å²) in [4.78, 5) is 25.9. The van der Waals surface area contributed by atoms with Crippen LogP contribution >= 0.6 is 22.7 Å². The fraction of sp³-hybridized carbons (Fsp3) is 0.250. The molecule has 0 N–H and O–H groups in total. The Morgan fingerprint density at radius 1 is 1.18 bits per heavy atom. The van der Waals surface area contributed by atoms with Gasteiger partial charge in [0.25, 0.3) is 5.56 Å². The zero-order valence-electron chi connectivity index (χ0n) is 15.8. The molecule has 1 aromatic carbocycles. The Labute approximate surface area is 169 Å². The first-order chi connectivity index (χ1) is 13.5. The molecule has 0 spiro atoms. The Morgan fingerprint density at radius 2 is 1.93 bits per heavy atom. The van der Waals surface area contributed by atoms with Gasteiger partial charge in [0.2, 0.25) is 0 Å². The number of nitrogens with zero attached hydrogens (tertiary/aromatic N) is 4. The molecule has 4 rings (SSSR count). The molecule has 3 heterocycles. The topological polar surface area (TPSA) is 50.5 Å². The molecule has 3 aromatic heterocycles. The fourth-order valence-electron chi connectivity index (χ4n) is 3.15. The smallest absolute Gasteiger partial charge is 0.259 e. The predicted octanol–water partition coefficient (Wildman–Crippen LogP) is 4.66. The van der Waals surface area contributed by atoms with Crippen LogP contribution < -0.4 is 10.5 Å². The summed E-state index contributed by atoms with van der Waals surface area (Å²) in [5, 5.41) is 2.81. The van der Waals surface area contributed by atoms with Crippen molar-refractivity contribution in [3.05, 3.63) is 68.1 Å². The largest absolute Gasteiger partial charge is 0.366 e. The molecule has 0 bridgehead atoms. The van der Waals surface area contributed by atoms with E-state index in [0.717, 1.165) is 33.5 Å². The normalized spacial score (nSPS) is 11.3. The van der Waals surface area contributed by atoms with Gasteiger partial charge in [-0.3, -0.25) is 4.79 Å². The first kappa shape index (κ1) is 18.8. The van der Waals surface area contributed by atoms with Crippen molar-refractivity contribution >= 4 is 33.3 Å². The average Bonchev–Trinajstić information content (AvgIpc) is 3.23. The van der Waals surface area contributed by atoms with Crippen molar-refractivity contribution in [2.24, 2.45) is 0 Å². The molecule has 4 aromatic rings. The lowest BCUT2D eigenvalue weighted by Crippen LogP contribution is -2.24. The van der Waals surface area contributed by atoms with Crippen molar-refractivity contribution in [1.29, 1.82) is 0 Å². The molecule has 0 atom stereocenters. The van der Waals surface area contributed by atoms with Gasteiger partial charge in [0.05, 0.1) is 12.2 Å². The lowest BCUT2D eigenvalue weighted by molar-refractivity contribution is 0.627. The monoisotopic (exact) mass is 414 g/mol. The van der Waals surface area contributed by atoms with Crippen molar-refractivity contribution in [3.63, 3.8) is 0 Å². The van der Waals surface area contributed by atoms with Gasteiger partial charge in [-0.05, 0) is 45.0 Å². The molecule has 0 unspecified atom stereocenters. The number of thiazole rings is 2. The highest BCUT2D eigenvalue weighted by Gasteiger charge is 2.18. The van der Waals surface area contributed by atoms with Crippen molar-refractivity contribution in [1.82, 2.24) is 14.4 Å². The first-order valence-electron chi connectivity index (χ1n) is 8.91. The van der Waals surface area contributed by atoms with E-state index in [1.54, 1.807) is 22.6 Å². The number of aromatic nitrogens is 3. The van der Waals surface area contributed by atoms with Crippen LogP contribution in [0.5, 0.6) is 0 Å². The molecule has 0 radical (unpaired) electrons. The van der Waals surface area contributed by atoms with E-state index in [4.69, 9.17) is 4.98 Å². The van der Waals surface area contributed by atoms with Crippen molar-refractivity contribution < 1.29 is 4.39 Å². The van der Waals surface area contributed by atoms with Crippen LogP contribution in [0.4, 0.5) is 10.1 Å². The molecule has 5 nitrogen and oxygen atoms in total. The van der Waals surface area contributed by atoms with Gasteiger partial charge in [0, 0.05) is 34.2 Å². The van der Waals surface area contributed by atoms with Crippen LogP contribution in [0.1, 0.15) is 23.2 Å². The van der Waals surface area contributed by atoms with E-state index >= 15 is 0 Å². The average molecular weight is 415 g/mol. The molecular weight excluding hydrogens is 395 g/mol. The Morgan fingerprint density at radius 3 is 2.57 bits per heavy atom. The SMILES string of the molecule is CCN(Cc1cc(=O)n2c(-c3nc(C)cs3)c(C)sc2n1)c1ccc(F)cc1. The predicted molar refractivity (Wildman–Crippen MR) is 113 cm³/mol. The lowest BCUT2D eigenvalue weighted by Gasteiger charge is -2.22. The molecule has 144 valence electrons. The molecule has 0 aliphatic carbocycles. The zero-order chi connectivity index (χ0) is 19.8. The lowest BCUT2D eigenvalue weighted by atomic mass is 10.2. The van der Waals surface area contributed by atoms with Gasteiger partial charge >= 0.3 is 0 Å². The number of halogens is 1. The number of benzene rings is 1. The number of fused-ring (bicyclic) bond motifs is 1.